The minimum Gasteiger partial charge on any atom is -0.373 e. The normalized spacial score (nSPS) is 13.1. The lowest BCUT2D eigenvalue weighted by Gasteiger charge is -2.02. The van der Waals surface area contributed by atoms with Crippen molar-refractivity contribution in [2.24, 2.45) is 4.99 Å². The van der Waals surface area contributed by atoms with Gasteiger partial charge in [0.05, 0.1) is 0 Å². The summed E-state index contributed by atoms with van der Waals surface area (Å²) in [5.41, 5.74) is 1.10. The van der Waals surface area contributed by atoms with Crippen molar-refractivity contribution in [1.29, 1.82) is 0 Å². The first kappa shape index (κ1) is 8.95. The Morgan fingerprint density at radius 2 is 2.20 bits per heavy atom. The average Bonchev–Trinajstić information content (AvgIpc) is 1.91. The van der Waals surface area contributed by atoms with E-state index in [2.05, 4.69) is 16.9 Å². The minimum absolute atomic E-state index is 0.903. The van der Waals surface area contributed by atoms with Gasteiger partial charge in [-0.2, -0.15) is 0 Å². The molecule has 0 spiro atoms. The molecule has 0 saturated carbocycles. The van der Waals surface area contributed by atoms with Gasteiger partial charge in [-0.05, 0) is 12.5 Å². The topological polar surface area (TPSA) is 24.4 Å². The van der Waals surface area contributed by atoms with E-state index in [1.165, 1.54) is 0 Å². The molecule has 0 aliphatic carbocycles. The molecular weight excluding hydrogens is 124 g/mol. The molecule has 10 heavy (non-hydrogen) atoms. The van der Waals surface area contributed by atoms with E-state index in [0.29, 0.717) is 0 Å². The molecule has 1 N–H and O–H groups in total. The molecule has 0 heterocycles. The van der Waals surface area contributed by atoms with Crippen molar-refractivity contribution in [2.45, 2.75) is 6.92 Å². The van der Waals surface area contributed by atoms with Crippen LogP contribution in [-0.4, -0.2) is 19.9 Å². The molecule has 56 valence electrons. The third kappa shape index (κ3) is 2.49. The zero-order valence-electron chi connectivity index (χ0n) is 6.81. The van der Waals surface area contributed by atoms with E-state index in [1.807, 2.05) is 20.0 Å². The summed E-state index contributed by atoms with van der Waals surface area (Å²) in [7, 11) is 3.61. The van der Waals surface area contributed by atoms with E-state index in [4.69, 9.17) is 0 Å². The van der Waals surface area contributed by atoms with Gasteiger partial charge >= 0.3 is 0 Å². The van der Waals surface area contributed by atoms with E-state index < -0.39 is 0 Å². The van der Waals surface area contributed by atoms with Crippen LogP contribution in [0.15, 0.2) is 29.3 Å². The number of rotatable bonds is 2. The highest BCUT2D eigenvalue weighted by Crippen LogP contribution is 1.93. The van der Waals surface area contributed by atoms with Crippen LogP contribution in [0.5, 0.6) is 0 Å². The Kier molecular flexibility index (Phi) is 4.29. The van der Waals surface area contributed by atoms with Gasteiger partial charge < -0.3 is 5.32 Å². The van der Waals surface area contributed by atoms with Crippen molar-refractivity contribution in [2.75, 3.05) is 14.1 Å². The number of hydrogen-bond acceptors (Lipinski definition) is 1. The van der Waals surface area contributed by atoms with Gasteiger partial charge in [0.25, 0.3) is 0 Å². The molecule has 0 atom stereocenters. The monoisotopic (exact) mass is 138 g/mol. The summed E-state index contributed by atoms with van der Waals surface area (Å²) < 4.78 is 0. The van der Waals surface area contributed by atoms with Gasteiger partial charge in [-0.3, -0.25) is 4.99 Å². The maximum absolute atomic E-state index is 4.01. The smallest absolute Gasteiger partial charge is 0.123 e. The number of nitrogens with zero attached hydrogens (tertiary/aromatic N) is 1. The highest BCUT2D eigenvalue weighted by molar-refractivity contribution is 5.97. The van der Waals surface area contributed by atoms with Crippen LogP contribution in [0.2, 0.25) is 0 Å². The Balaban J connectivity index is 4.30. The lowest BCUT2D eigenvalue weighted by atomic mass is 10.2. The van der Waals surface area contributed by atoms with Crippen LogP contribution in [0.3, 0.4) is 0 Å². The largest absolute Gasteiger partial charge is 0.373 e. The van der Waals surface area contributed by atoms with E-state index in [1.54, 1.807) is 13.1 Å². The molecule has 0 saturated heterocycles. The molecular formula is C8H14N2. The summed E-state index contributed by atoms with van der Waals surface area (Å²) in [5, 5.41) is 2.97. The SMILES string of the molecule is C=C/C=C(/C)C(=NC)NC. The van der Waals surface area contributed by atoms with Gasteiger partial charge in [0.2, 0.25) is 0 Å². The number of nitrogens with one attached hydrogen (secondary N) is 1. The summed E-state index contributed by atoms with van der Waals surface area (Å²) in [6.45, 7) is 5.58. The van der Waals surface area contributed by atoms with Gasteiger partial charge in [-0.25, -0.2) is 0 Å². The van der Waals surface area contributed by atoms with Crippen LogP contribution < -0.4 is 5.32 Å². The summed E-state index contributed by atoms with van der Waals surface area (Å²) in [6.07, 6.45) is 3.66. The van der Waals surface area contributed by atoms with Crippen molar-refractivity contribution in [3.05, 3.63) is 24.3 Å². The van der Waals surface area contributed by atoms with Crippen LogP contribution >= 0.6 is 0 Å². The van der Waals surface area contributed by atoms with Gasteiger partial charge in [0, 0.05) is 14.1 Å². The molecule has 0 bridgehead atoms. The standard InChI is InChI=1S/C8H14N2/c1-5-6-7(2)8(9-3)10-4/h5-6H,1H2,2-4H3,(H,9,10)/b7-6-. The van der Waals surface area contributed by atoms with Gasteiger partial charge in [-0.15, -0.1) is 0 Å². The molecule has 2 heteroatoms. The van der Waals surface area contributed by atoms with Crippen molar-refractivity contribution < 1.29 is 0 Å². The zero-order chi connectivity index (χ0) is 7.98. The first-order valence-electron chi connectivity index (χ1n) is 3.20. The Labute approximate surface area is 62.4 Å². The fourth-order valence-corrected chi connectivity index (χ4v) is 0.741. The van der Waals surface area contributed by atoms with Crippen molar-refractivity contribution in [1.82, 2.24) is 5.32 Å². The number of hydrogen-bond donors (Lipinski definition) is 1. The molecule has 2 nitrogen and oxygen atoms in total. The first-order valence-corrected chi connectivity index (χ1v) is 3.20. The third-order valence-corrected chi connectivity index (χ3v) is 1.20. The van der Waals surface area contributed by atoms with Crippen LogP contribution in [-0.2, 0) is 0 Å². The molecule has 0 fully saturated rings. The minimum atomic E-state index is 0.903. The predicted octanol–water partition coefficient (Wildman–Crippen LogP) is 1.37. The second-order valence-corrected chi connectivity index (χ2v) is 1.91. The molecule has 0 radical (unpaired) electrons. The van der Waals surface area contributed by atoms with Crippen LogP contribution in [0.25, 0.3) is 0 Å². The molecule has 0 aliphatic rings. The first-order chi connectivity index (χ1) is 4.76. The van der Waals surface area contributed by atoms with E-state index in [0.717, 1.165) is 11.4 Å². The fourth-order valence-electron chi connectivity index (χ4n) is 0.741. The van der Waals surface area contributed by atoms with E-state index in [9.17, 15) is 0 Å². The summed E-state index contributed by atoms with van der Waals surface area (Å²) in [5.74, 6) is 0.903. The molecule has 0 aliphatic heterocycles. The quantitative estimate of drug-likeness (QED) is 0.348. The average molecular weight is 138 g/mol. The summed E-state index contributed by atoms with van der Waals surface area (Å²) >= 11 is 0. The highest BCUT2D eigenvalue weighted by atomic mass is 14.9. The summed E-state index contributed by atoms with van der Waals surface area (Å²) in [6, 6.07) is 0. The number of aliphatic imine (C=N–C) groups is 1. The van der Waals surface area contributed by atoms with Gasteiger partial charge in [0.15, 0.2) is 0 Å². The molecule has 0 aromatic heterocycles. The van der Waals surface area contributed by atoms with Gasteiger partial charge in [-0.1, -0.05) is 18.7 Å². The summed E-state index contributed by atoms with van der Waals surface area (Å²) in [4.78, 5) is 4.01. The van der Waals surface area contributed by atoms with Crippen LogP contribution in [0, 0.1) is 0 Å². The molecule has 0 unspecified atom stereocenters. The number of likely N-dealkylation sites (N-methyl/N-ethyl adjacent to an activating group) is 1. The number of amidine groups is 1. The Bertz CT molecular complexity index is 166. The zero-order valence-corrected chi connectivity index (χ0v) is 6.81. The maximum Gasteiger partial charge on any atom is 0.123 e. The fraction of sp³-hybridized carbons (Fsp3) is 0.375. The van der Waals surface area contributed by atoms with Crippen LogP contribution in [0.4, 0.5) is 0 Å². The second kappa shape index (κ2) is 4.79. The Morgan fingerprint density at radius 1 is 1.60 bits per heavy atom. The van der Waals surface area contributed by atoms with Gasteiger partial charge in [0.1, 0.15) is 5.84 Å². The number of allylic oxidation sites excluding steroid dienone is 2. The molecule has 0 amide bonds. The highest BCUT2D eigenvalue weighted by Gasteiger charge is 1.93. The van der Waals surface area contributed by atoms with Crippen LogP contribution in [0.1, 0.15) is 6.92 Å². The molecule has 0 aromatic rings. The Hall–Kier alpha value is -1.05. The van der Waals surface area contributed by atoms with E-state index in [-0.39, 0.29) is 0 Å². The lowest BCUT2D eigenvalue weighted by molar-refractivity contribution is 1.14. The second-order valence-electron chi connectivity index (χ2n) is 1.91. The molecule has 0 rings (SSSR count). The maximum atomic E-state index is 4.01. The predicted molar refractivity (Wildman–Crippen MR) is 46.4 cm³/mol. The third-order valence-electron chi connectivity index (χ3n) is 1.20. The van der Waals surface area contributed by atoms with E-state index >= 15 is 0 Å². The van der Waals surface area contributed by atoms with Crippen molar-refractivity contribution in [3.63, 3.8) is 0 Å². The lowest BCUT2D eigenvalue weighted by Crippen LogP contribution is -2.18. The van der Waals surface area contributed by atoms with Crippen molar-refractivity contribution >= 4 is 5.84 Å². The van der Waals surface area contributed by atoms with Crippen molar-refractivity contribution in [3.8, 4) is 0 Å². The Morgan fingerprint density at radius 3 is 2.50 bits per heavy atom. The molecule has 0 aromatic carbocycles.